The summed E-state index contributed by atoms with van der Waals surface area (Å²) in [6.45, 7) is 0.698. The highest BCUT2D eigenvalue weighted by molar-refractivity contribution is 7.89. The number of carbonyl (C=O) groups excluding carboxylic acids is 1. The molecule has 0 fully saturated rings. The van der Waals surface area contributed by atoms with Crippen molar-refractivity contribution in [3.8, 4) is 16.9 Å². The van der Waals surface area contributed by atoms with Crippen LogP contribution in [-0.2, 0) is 21.2 Å². The number of hydrogen-bond donors (Lipinski definition) is 2. The van der Waals surface area contributed by atoms with E-state index in [1.807, 2.05) is 24.3 Å². The van der Waals surface area contributed by atoms with Gasteiger partial charge >= 0.3 is 6.09 Å². The van der Waals surface area contributed by atoms with Crippen LogP contribution in [-0.4, -0.2) is 51.0 Å². The summed E-state index contributed by atoms with van der Waals surface area (Å²) >= 11 is 0. The monoisotopic (exact) mass is 434 g/mol. The number of sulfonamides is 1. The van der Waals surface area contributed by atoms with Gasteiger partial charge in [0.05, 0.1) is 7.11 Å². The Morgan fingerprint density at radius 1 is 1.13 bits per heavy atom. The molecular weight excluding hydrogens is 408 g/mol. The summed E-state index contributed by atoms with van der Waals surface area (Å²) < 4.78 is 28.8. The lowest BCUT2D eigenvalue weighted by molar-refractivity contribution is -0.107. The molecule has 0 bridgehead atoms. The van der Waals surface area contributed by atoms with Gasteiger partial charge in [0.15, 0.2) is 0 Å². The Bertz CT molecular complexity index is 991. The van der Waals surface area contributed by atoms with Gasteiger partial charge in [-0.3, -0.25) is 0 Å². The summed E-state index contributed by atoms with van der Waals surface area (Å²) in [6.07, 6.45) is 2.06. The number of primary sulfonamides is 1. The average Bonchev–Trinajstić information content (AvgIpc) is 2.72. The molecule has 1 amide bonds. The molecule has 0 heterocycles. The molecule has 2 aromatic carbocycles. The van der Waals surface area contributed by atoms with Gasteiger partial charge in [-0.25, -0.2) is 18.4 Å². The molecule has 0 saturated carbocycles. The minimum atomic E-state index is -3.95. The Labute approximate surface area is 176 Å². The summed E-state index contributed by atoms with van der Waals surface area (Å²) in [6, 6.07) is 12.2. The molecule has 3 N–H and O–H groups in total. The van der Waals surface area contributed by atoms with E-state index >= 15 is 0 Å². The molecule has 30 heavy (non-hydrogen) atoms. The summed E-state index contributed by atoms with van der Waals surface area (Å²) in [5.74, 6) is 0.170. The van der Waals surface area contributed by atoms with Gasteiger partial charge in [-0.1, -0.05) is 30.3 Å². The molecule has 0 atom stereocenters. The smallest absolute Gasteiger partial charge is 0.407 e. The highest BCUT2D eigenvalue weighted by Crippen LogP contribution is 2.29. The second kappa shape index (κ2) is 10.7. The van der Waals surface area contributed by atoms with Crippen LogP contribution in [0.5, 0.6) is 5.75 Å². The third-order valence-electron chi connectivity index (χ3n) is 4.67. The molecule has 9 heteroatoms. The lowest BCUT2D eigenvalue weighted by Gasteiger charge is -2.19. The summed E-state index contributed by atoms with van der Waals surface area (Å²) in [7, 11) is -2.58. The van der Waals surface area contributed by atoms with E-state index in [0.29, 0.717) is 44.3 Å². The zero-order valence-corrected chi connectivity index (χ0v) is 17.6. The predicted molar refractivity (Wildman–Crippen MR) is 113 cm³/mol. The van der Waals surface area contributed by atoms with Gasteiger partial charge in [0.2, 0.25) is 10.0 Å². The van der Waals surface area contributed by atoms with E-state index in [1.54, 1.807) is 12.1 Å². The quantitative estimate of drug-likeness (QED) is 0.413. The van der Waals surface area contributed by atoms with E-state index in [1.165, 1.54) is 18.1 Å². The molecule has 0 aliphatic carbocycles. The van der Waals surface area contributed by atoms with Crippen molar-refractivity contribution in [2.75, 3.05) is 20.2 Å². The van der Waals surface area contributed by atoms with Crippen LogP contribution in [0.25, 0.3) is 11.1 Å². The Balaban J connectivity index is 2.16. The number of aldehydes is 1. The van der Waals surface area contributed by atoms with Crippen LogP contribution in [0.2, 0.25) is 0 Å². The van der Waals surface area contributed by atoms with Crippen molar-refractivity contribution in [2.45, 2.75) is 30.6 Å². The molecule has 0 aromatic heterocycles. The van der Waals surface area contributed by atoms with Crippen molar-refractivity contribution in [1.82, 2.24) is 4.90 Å². The first-order valence-electron chi connectivity index (χ1n) is 9.48. The van der Waals surface area contributed by atoms with Gasteiger partial charge in [-0.05, 0) is 48.1 Å². The largest absolute Gasteiger partial charge is 0.495 e. The Morgan fingerprint density at radius 2 is 1.87 bits per heavy atom. The predicted octanol–water partition coefficient (Wildman–Crippen LogP) is 2.90. The minimum absolute atomic E-state index is 0.0970. The maximum atomic E-state index is 11.8. The fourth-order valence-electron chi connectivity index (χ4n) is 3.08. The highest BCUT2D eigenvalue weighted by atomic mass is 32.2. The number of nitrogens with two attached hydrogens (primary N) is 1. The van der Waals surface area contributed by atoms with Crippen molar-refractivity contribution in [2.24, 2.45) is 5.14 Å². The SMILES string of the molecule is COc1ccc(-c2cccc(CCN(CCCCC=O)C(=O)O)c2)cc1S(N)(=O)=O. The van der Waals surface area contributed by atoms with Gasteiger partial charge in [-0.2, -0.15) is 0 Å². The number of benzene rings is 2. The highest BCUT2D eigenvalue weighted by Gasteiger charge is 2.16. The molecular formula is C21H26N2O6S. The Kier molecular flexibility index (Phi) is 8.37. The molecule has 0 radical (unpaired) electrons. The second-order valence-electron chi connectivity index (χ2n) is 6.79. The van der Waals surface area contributed by atoms with Crippen LogP contribution in [0.3, 0.4) is 0 Å². The number of nitrogens with zero attached hydrogens (tertiary/aromatic N) is 1. The topological polar surface area (TPSA) is 127 Å². The summed E-state index contributed by atoms with van der Waals surface area (Å²) in [4.78, 5) is 23.1. The maximum Gasteiger partial charge on any atom is 0.407 e. The molecule has 2 aromatic rings. The number of carboxylic acid groups (broad SMARTS) is 1. The van der Waals surface area contributed by atoms with Gasteiger partial charge in [0, 0.05) is 19.5 Å². The van der Waals surface area contributed by atoms with Gasteiger partial charge in [0.25, 0.3) is 0 Å². The Morgan fingerprint density at radius 3 is 2.50 bits per heavy atom. The number of ether oxygens (including phenoxy) is 1. The van der Waals surface area contributed by atoms with E-state index in [4.69, 9.17) is 9.88 Å². The Hall–Kier alpha value is -2.91. The van der Waals surface area contributed by atoms with Crippen molar-refractivity contribution in [3.05, 3.63) is 48.0 Å². The van der Waals surface area contributed by atoms with Crippen LogP contribution in [0.4, 0.5) is 4.79 Å². The van der Waals surface area contributed by atoms with Crippen LogP contribution in [0.15, 0.2) is 47.4 Å². The van der Waals surface area contributed by atoms with Gasteiger partial charge in [0.1, 0.15) is 16.9 Å². The normalized spacial score (nSPS) is 11.1. The van der Waals surface area contributed by atoms with Gasteiger partial charge < -0.3 is 19.5 Å². The van der Waals surface area contributed by atoms with Crippen molar-refractivity contribution in [3.63, 3.8) is 0 Å². The third-order valence-corrected chi connectivity index (χ3v) is 5.60. The molecule has 0 aliphatic heterocycles. The van der Waals surface area contributed by atoms with E-state index in [2.05, 4.69) is 0 Å². The molecule has 0 saturated heterocycles. The zero-order valence-electron chi connectivity index (χ0n) is 16.8. The second-order valence-corrected chi connectivity index (χ2v) is 8.32. The first kappa shape index (κ1) is 23.4. The molecule has 162 valence electrons. The lowest BCUT2D eigenvalue weighted by Crippen LogP contribution is -2.32. The number of hydrogen-bond acceptors (Lipinski definition) is 5. The average molecular weight is 435 g/mol. The standard InChI is InChI=1S/C21H26N2O6S/c1-29-19-9-8-18(15-20(19)30(22,27)28)17-7-5-6-16(14-17)10-12-23(21(25)26)11-3-2-4-13-24/h5-9,13-15H,2-4,10-12H2,1H3,(H,25,26)(H2,22,27,28). The fourth-order valence-corrected chi connectivity index (χ4v) is 3.81. The first-order chi connectivity index (χ1) is 14.3. The van der Waals surface area contributed by atoms with E-state index in [-0.39, 0.29) is 10.6 Å². The number of unbranched alkanes of at least 4 members (excludes halogenated alkanes) is 2. The first-order valence-corrected chi connectivity index (χ1v) is 11.0. The number of rotatable bonds is 11. The van der Waals surface area contributed by atoms with Crippen LogP contribution in [0, 0.1) is 0 Å². The van der Waals surface area contributed by atoms with Gasteiger partial charge in [-0.15, -0.1) is 0 Å². The number of carbonyl (C=O) groups is 2. The minimum Gasteiger partial charge on any atom is -0.495 e. The molecule has 0 aliphatic rings. The van der Waals surface area contributed by atoms with E-state index in [9.17, 15) is 23.1 Å². The molecule has 2 rings (SSSR count). The maximum absolute atomic E-state index is 11.8. The molecule has 8 nitrogen and oxygen atoms in total. The fraction of sp³-hybridized carbons (Fsp3) is 0.333. The van der Waals surface area contributed by atoms with Crippen molar-refractivity contribution >= 4 is 22.4 Å². The third kappa shape index (κ3) is 6.57. The number of methoxy groups -OCH3 is 1. The number of amides is 1. The molecule has 0 spiro atoms. The summed E-state index contributed by atoms with van der Waals surface area (Å²) in [5, 5.41) is 14.7. The van der Waals surface area contributed by atoms with Crippen molar-refractivity contribution < 1.29 is 27.9 Å². The van der Waals surface area contributed by atoms with Crippen molar-refractivity contribution in [1.29, 1.82) is 0 Å². The van der Waals surface area contributed by atoms with Crippen LogP contribution < -0.4 is 9.88 Å². The van der Waals surface area contributed by atoms with Crippen LogP contribution in [0.1, 0.15) is 24.8 Å². The van der Waals surface area contributed by atoms with E-state index < -0.39 is 16.1 Å². The van der Waals surface area contributed by atoms with E-state index in [0.717, 1.165) is 17.4 Å². The zero-order chi connectivity index (χ0) is 22.1. The summed E-state index contributed by atoms with van der Waals surface area (Å²) in [5.41, 5.74) is 2.36. The lowest BCUT2D eigenvalue weighted by atomic mass is 10.0. The molecule has 0 unspecified atom stereocenters. The van der Waals surface area contributed by atoms with Crippen LogP contribution >= 0.6 is 0 Å².